The van der Waals surface area contributed by atoms with Crippen LogP contribution < -0.4 is 0 Å². The van der Waals surface area contributed by atoms with Crippen LogP contribution in [-0.2, 0) is 34.1 Å². The van der Waals surface area contributed by atoms with Gasteiger partial charge >= 0.3 is 0 Å². The third-order valence-corrected chi connectivity index (χ3v) is 3.13. The van der Waals surface area contributed by atoms with Crippen molar-refractivity contribution in [2.75, 3.05) is 0 Å². The van der Waals surface area contributed by atoms with E-state index in [1.807, 2.05) is 84.9 Å². The van der Waals surface area contributed by atoms with Crippen LogP contribution in [-0.4, -0.2) is 0 Å². The van der Waals surface area contributed by atoms with Gasteiger partial charge in [-0.05, 0) is 0 Å². The molecular weight excluding hydrogens is 376 g/mol. The monoisotopic (exact) mass is 396 g/mol. The van der Waals surface area contributed by atoms with E-state index in [1.54, 1.807) is 0 Å². The molecule has 24 heavy (non-hydrogen) atoms. The maximum atomic E-state index is 4.04. The van der Waals surface area contributed by atoms with E-state index in [-0.39, 0.29) is 34.1 Å². The zero-order valence-electron chi connectivity index (χ0n) is 13.3. The van der Waals surface area contributed by atoms with E-state index in [0.29, 0.717) is 0 Å². The molecule has 132 valence electrons. The summed E-state index contributed by atoms with van der Waals surface area (Å²) < 4.78 is 0. The molecular formula is C22H20Fe2-8. The topological polar surface area (TPSA) is 0 Å². The summed E-state index contributed by atoms with van der Waals surface area (Å²) in [6.45, 7) is 4.04. The normalized spacial score (nSPS) is 8.33. The quantitative estimate of drug-likeness (QED) is 0.288. The van der Waals surface area contributed by atoms with Gasteiger partial charge in [0.25, 0.3) is 0 Å². The molecule has 0 bridgehead atoms. The summed E-state index contributed by atoms with van der Waals surface area (Å²) >= 11 is 0. The van der Waals surface area contributed by atoms with Crippen molar-refractivity contribution < 1.29 is 34.1 Å². The molecule has 4 aromatic rings. The molecule has 0 spiro atoms. The third kappa shape index (κ3) is 8.15. The molecule has 0 aliphatic heterocycles. The average molecular weight is 396 g/mol. The van der Waals surface area contributed by atoms with Crippen LogP contribution in [0.15, 0.2) is 116 Å². The smallest absolute Gasteiger partial charge is 0 e. The third-order valence-electron chi connectivity index (χ3n) is 3.13. The van der Waals surface area contributed by atoms with Gasteiger partial charge in [-0.2, -0.15) is 23.8 Å². The van der Waals surface area contributed by atoms with E-state index in [4.69, 9.17) is 0 Å². The van der Waals surface area contributed by atoms with E-state index in [0.717, 1.165) is 5.57 Å². The Balaban J connectivity index is 0.000000370. The van der Waals surface area contributed by atoms with Gasteiger partial charge in [0.05, 0.1) is 0 Å². The number of hydrogen-bond acceptors (Lipinski definition) is 0. The molecule has 0 atom stereocenters. The fraction of sp³-hybridized carbons (Fsp3) is 0. The molecule has 0 saturated heterocycles. The molecule has 0 unspecified atom stereocenters. The van der Waals surface area contributed by atoms with E-state index >= 15 is 0 Å². The SMILES string of the molecule is C=C([c-]1cccc1)[c-]1cccc1.[Fe].[Fe].[cH-]1[cH-][cH-][cH-][cH-]1.c1cc[cH-]c1. The minimum Gasteiger partial charge on any atom is -0.748 e. The first-order valence-corrected chi connectivity index (χ1v) is 7.34. The summed E-state index contributed by atoms with van der Waals surface area (Å²) in [6.07, 6.45) is 0. The van der Waals surface area contributed by atoms with Crippen LogP contribution in [0.1, 0.15) is 11.1 Å². The van der Waals surface area contributed by atoms with Gasteiger partial charge in [-0.15, -0.1) is 17.7 Å². The Kier molecular flexibility index (Phi) is 12.6. The van der Waals surface area contributed by atoms with Crippen molar-refractivity contribution >= 4 is 5.57 Å². The second kappa shape index (κ2) is 13.6. The van der Waals surface area contributed by atoms with Crippen LogP contribution in [0.3, 0.4) is 0 Å². The van der Waals surface area contributed by atoms with Crippen LogP contribution in [0.2, 0.25) is 0 Å². The van der Waals surface area contributed by atoms with Gasteiger partial charge in [0.15, 0.2) is 0 Å². The zero-order valence-corrected chi connectivity index (χ0v) is 15.5. The Bertz CT molecular complexity index is 585. The molecule has 4 rings (SSSR count). The molecule has 0 aliphatic rings. The van der Waals surface area contributed by atoms with Crippen molar-refractivity contribution in [3.8, 4) is 0 Å². The molecule has 0 fully saturated rings. The summed E-state index contributed by atoms with van der Waals surface area (Å²) in [5.74, 6) is 0. The first kappa shape index (κ1) is 22.2. The first-order valence-electron chi connectivity index (χ1n) is 7.34. The van der Waals surface area contributed by atoms with Crippen molar-refractivity contribution in [2.45, 2.75) is 0 Å². The molecule has 4 aromatic carbocycles. The van der Waals surface area contributed by atoms with Crippen molar-refractivity contribution in [2.24, 2.45) is 0 Å². The average Bonchev–Trinajstić information content (AvgIpc) is 3.42. The van der Waals surface area contributed by atoms with Gasteiger partial charge in [-0.3, -0.25) is 0 Å². The molecule has 0 aromatic heterocycles. The van der Waals surface area contributed by atoms with Crippen LogP contribution in [0, 0.1) is 0 Å². The van der Waals surface area contributed by atoms with E-state index in [2.05, 4.69) is 30.8 Å². The Labute approximate surface area is 166 Å². The van der Waals surface area contributed by atoms with Crippen molar-refractivity contribution in [3.05, 3.63) is 127 Å². The van der Waals surface area contributed by atoms with E-state index in [1.165, 1.54) is 11.1 Å². The Morgan fingerprint density at radius 2 is 0.917 bits per heavy atom. The standard InChI is InChI=1S/C12H10.2C5H5.2Fe/c1-10(11-6-2-3-7-11)12-8-4-5-9-12;2*1-2-4-5-3-1;;/h2-9H,1H2;2*1-5H;;/q-2;-5;-1;;. The second-order valence-electron chi connectivity index (χ2n) is 4.75. The molecule has 0 N–H and O–H groups in total. The van der Waals surface area contributed by atoms with Crippen LogP contribution in [0.4, 0.5) is 0 Å². The fourth-order valence-corrected chi connectivity index (χ4v) is 1.96. The summed E-state index contributed by atoms with van der Waals surface area (Å²) in [6, 6.07) is 36.4. The molecule has 0 amide bonds. The summed E-state index contributed by atoms with van der Waals surface area (Å²) in [4.78, 5) is 0. The molecule has 0 nitrogen and oxygen atoms in total. The van der Waals surface area contributed by atoms with Crippen LogP contribution >= 0.6 is 0 Å². The van der Waals surface area contributed by atoms with Crippen LogP contribution in [0.25, 0.3) is 5.57 Å². The summed E-state index contributed by atoms with van der Waals surface area (Å²) in [7, 11) is 0. The predicted octanol–water partition coefficient (Wildman–Crippen LogP) is 5.99. The summed E-state index contributed by atoms with van der Waals surface area (Å²) in [5, 5.41) is 0. The number of hydrogen-bond donors (Lipinski definition) is 0. The number of rotatable bonds is 2. The molecule has 0 radical (unpaired) electrons. The van der Waals surface area contributed by atoms with Crippen molar-refractivity contribution in [1.82, 2.24) is 0 Å². The van der Waals surface area contributed by atoms with Gasteiger partial charge in [-0.1, -0.05) is 12.1 Å². The van der Waals surface area contributed by atoms with Gasteiger partial charge in [-0.25, -0.2) is 48.6 Å². The molecule has 0 heterocycles. The van der Waals surface area contributed by atoms with Gasteiger partial charge in [0, 0.05) is 34.1 Å². The minimum absolute atomic E-state index is 0. The molecule has 0 saturated carbocycles. The maximum absolute atomic E-state index is 4.04. The fourth-order valence-electron chi connectivity index (χ4n) is 1.96. The van der Waals surface area contributed by atoms with E-state index < -0.39 is 0 Å². The Morgan fingerprint density at radius 1 is 0.583 bits per heavy atom. The second-order valence-corrected chi connectivity index (χ2v) is 4.75. The molecule has 2 heteroatoms. The van der Waals surface area contributed by atoms with Gasteiger partial charge < -0.3 is 30.3 Å². The van der Waals surface area contributed by atoms with Crippen LogP contribution in [0.5, 0.6) is 0 Å². The summed E-state index contributed by atoms with van der Waals surface area (Å²) in [5.41, 5.74) is 3.52. The van der Waals surface area contributed by atoms with Gasteiger partial charge in [0.1, 0.15) is 0 Å². The molecule has 0 aliphatic carbocycles. The van der Waals surface area contributed by atoms with E-state index in [9.17, 15) is 0 Å². The zero-order chi connectivity index (χ0) is 15.5. The maximum Gasteiger partial charge on any atom is 0 e. The Hall–Kier alpha value is -1.82. The van der Waals surface area contributed by atoms with Crippen molar-refractivity contribution in [3.63, 3.8) is 0 Å². The minimum atomic E-state index is 0. The predicted molar refractivity (Wildman–Crippen MR) is 96.3 cm³/mol. The Morgan fingerprint density at radius 3 is 1.17 bits per heavy atom. The van der Waals surface area contributed by atoms with Gasteiger partial charge in [0.2, 0.25) is 0 Å². The van der Waals surface area contributed by atoms with Crippen molar-refractivity contribution in [1.29, 1.82) is 0 Å². The largest absolute Gasteiger partial charge is 0.748 e. The first-order chi connectivity index (χ1) is 10.9.